The Hall–Kier alpha value is -3.72. The molecule has 160 valence electrons. The van der Waals surface area contributed by atoms with Crippen LogP contribution in [0.4, 0.5) is 0 Å². The fourth-order valence-corrected chi connectivity index (χ4v) is 5.26. The van der Waals surface area contributed by atoms with E-state index in [0.717, 1.165) is 17.6 Å². The molecule has 1 amide bonds. The summed E-state index contributed by atoms with van der Waals surface area (Å²) in [6, 6.07) is 3.63. The number of amides is 1. The van der Waals surface area contributed by atoms with Crippen molar-refractivity contribution in [1.29, 1.82) is 0 Å². The number of carbonyl (C=O) groups is 1. The average Bonchev–Trinajstić information content (AvgIpc) is 3.37. The molecule has 1 saturated carbocycles. The molecule has 0 saturated heterocycles. The summed E-state index contributed by atoms with van der Waals surface area (Å²) < 4.78 is 29.4. The van der Waals surface area contributed by atoms with Gasteiger partial charge in [-0.15, -0.1) is 0 Å². The van der Waals surface area contributed by atoms with Crippen LogP contribution in [0.5, 0.6) is 0 Å². The number of nitrogens with one attached hydrogen (secondary N) is 1. The minimum Gasteiger partial charge on any atom is -0.307 e. The number of hydrogen-bond donors (Lipinski definition) is 1. The largest absolute Gasteiger partial charge is 0.329 e. The predicted molar refractivity (Wildman–Crippen MR) is 109 cm³/mol. The molecule has 31 heavy (non-hydrogen) atoms. The van der Waals surface area contributed by atoms with E-state index in [1.54, 1.807) is 13.2 Å². The highest BCUT2D eigenvalue weighted by Crippen LogP contribution is 2.46. The Bertz CT molecular complexity index is 1490. The topological polar surface area (TPSA) is 131 Å². The van der Waals surface area contributed by atoms with Gasteiger partial charge in [0.15, 0.2) is 0 Å². The van der Waals surface area contributed by atoms with Gasteiger partial charge in [-0.1, -0.05) is 0 Å². The summed E-state index contributed by atoms with van der Waals surface area (Å²) >= 11 is 0. The Labute approximate surface area is 176 Å². The van der Waals surface area contributed by atoms with Crippen LogP contribution < -0.4 is 11.2 Å². The SMILES string of the molecule is [C-]#[N+]C1(N(C(C)=O)S(=O)(=O)c2ccc3[nH]c(=O)n(Cc4cnn(C)c4)c(=O)c3c2)CC1. The molecule has 1 aliphatic carbocycles. The molecule has 12 heteroatoms. The lowest BCUT2D eigenvalue weighted by molar-refractivity contribution is -0.125. The molecule has 1 fully saturated rings. The molecule has 2 aromatic heterocycles. The zero-order chi connectivity index (χ0) is 22.6. The lowest BCUT2D eigenvalue weighted by Crippen LogP contribution is -2.43. The normalized spacial score (nSPS) is 14.9. The number of fused-ring (bicyclic) bond motifs is 1. The first kappa shape index (κ1) is 20.5. The number of sulfonamides is 1. The van der Waals surface area contributed by atoms with E-state index in [-0.39, 0.29) is 35.2 Å². The van der Waals surface area contributed by atoms with Crippen LogP contribution in [0, 0.1) is 6.57 Å². The summed E-state index contributed by atoms with van der Waals surface area (Å²) in [7, 11) is -2.68. The monoisotopic (exact) mass is 442 g/mol. The van der Waals surface area contributed by atoms with Crippen molar-refractivity contribution >= 4 is 26.8 Å². The number of benzene rings is 1. The van der Waals surface area contributed by atoms with Gasteiger partial charge in [0.05, 0.1) is 41.4 Å². The third-order valence-corrected chi connectivity index (χ3v) is 7.09. The Morgan fingerprint density at radius 1 is 1.35 bits per heavy atom. The molecular weight excluding hydrogens is 424 g/mol. The number of hydrogen-bond acceptors (Lipinski definition) is 6. The standard InChI is InChI=1S/C19H18N6O5S/c1-12(26)25(19(20-2)6-7-19)31(29,30)14-4-5-16-15(8-14)17(27)24(18(28)22-16)11-13-9-21-23(3)10-13/h4-5,8-10H,6-7,11H2,1,3H3,(H,22,28). The second-order valence-electron chi connectivity index (χ2n) is 7.43. The first-order valence-electron chi connectivity index (χ1n) is 9.28. The predicted octanol–water partition coefficient (Wildman–Crippen LogP) is 0.418. The maximum absolute atomic E-state index is 13.2. The zero-order valence-electron chi connectivity index (χ0n) is 16.7. The van der Waals surface area contributed by atoms with Crippen molar-refractivity contribution in [2.24, 2.45) is 7.05 Å². The van der Waals surface area contributed by atoms with Gasteiger partial charge in [-0.25, -0.2) is 19.8 Å². The van der Waals surface area contributed by atoms with Crippen LogP contribution in [-0.4, -0.2) is 43.6 Å². The number of carbonyl (C=O) groups excluding carboxylic acids is 1. The molecule has 1 aromatic carbocycles. The van der Waals surface area contributed by atoms with Crippen molar-refractivity contribution in [1.82, 2.24) is 23.6 Å². The van der Waals surface area contributed by atoms with E-state index in [1.807, 2.05) is 0 Å². The van der Waals surface area contributed by atoms with E-state index < -0.39 is 32.8 Å². The smallest absolute Gasteiger partial charge is 0.307 e. The van der Waals surface area contributed by atoms with Gasteiger partial charge in [-0.2, -0.15) is 9.40 Å². The van der Waals surface area contributed by atoms with Crippen LogP contribution >= 0.6 is 0 Å². The van der Waals surface area contributed by atoms with E-state index in [4.69, 9.17) is 6.57 Å². The van der Waals surface area contributed by atoms with Crippen molar-refractivity contribution in [3.05, 3.63) is 68.4 Å². The van der Waals surface area contributed by atoms with Gasteiger partial charge in [0.1, 0.15) is 0 Å². The van der Waals surface area contributed by atoms with Crippen LogP contribution in [0.3, 0.4) is 0 Å². The quantitative estimate of drug-likeness (QED) is 0.570. The Morgan fingerprint density at radius 3 is 2.61 bits per heavy atom. The van der Waals surface area contributed by atoms with Crippen molar-refractivity contribution in [2.75, 3.05) is 0 Å². The van der Waals surface area contributed by atoms with Gasteiger partial charge in [0, 0.05) is 25.7 Å². The molecule has 4 rings (SSSR count). The van der Waals surface area contributed by atoms with Crippen LogP contribution in [0.25, 0.3) is 15.7 Å². The summed E-state index contributed by atoms with van der Waals surface area (Å²) in [5.74, 6) is -0.774. The van der Waals surface area contributed by atoms with Gasteiger partial charge in [-0.05, 0) is 18.2 Å². The second-order valence-corrected chi connectivity index (χ2v) is 9.22. The average molecular weight is 442 g/mol. The molecular formula is C19H18N6O5S. The number of aromatic nitrogens is 4. The fraction of sp³-hybridized carbons (Fsp3) is 0.316. The Kier molecular flexibility index (Phi) is 4.58. The van der Waals surface area contributed by atoms with Gasteiger partial charge in [-0.3, -0.25) is 23.7 Å². The highest BCUT2D eigenvalue weighted by atomic mass is 32.2. The summed E-state index contributed by atoms with van der Waals surface area (Å²) in [6.45, 7) is 8.37. The molecule has 1 aliphatic rings. The van der Waals surface area contributed by atoms with E-state index in [2.05, 4.69) is 14.9 Å². The number of aromatic amines is 1. The second kappa shape index (κ2) is 6.92. The molecule has 1 N–H and O–H groups in total. The van der Waals surface area contributed by atoms with Crippen LogP contribution in [0.1, 0.15) is 25.3 Å². The molecule has 0 unspecified atom stereocenters. The highest BCUT2D eigenvalue weighted by molar-refractivity contribution is 7.89. The summed E-state index contributed by atoms with van der Waals surface area (Å²) in [4.78, 5) is 43.1. The first-order valence-corrected chi connectivity index (χ1v) is 10.7. The number of nitrogens with zero attached hydrogens (tertiary/aromatic N) is 5. The minimum absolute atomic E-state index is 0.0271. The van der Waals surface area contributed by atoms with Crippen molar-refractivity contribution < 1.29 is 13.2 Å². The van der Waals surface area contributed by atoms with Crippen LogP contribution in [-0.2, 0) is 28.4 Å². The number of rotatable bonds is 5. The fourth-order valence-electron chi connectivity index (χ4n) is 3.53. The van der Waals surface area contributed by atoms with Crippen molar-refractivity contribution in [3.8, 4) is 0 Å². The van der Waals surface area contributed by atoms with Gasteiger partial charge in [0.2, 0.25) is 5.91 Å². The molecule has 0 bridgehead atoms. The number of H-pyrrole nitrogens is 1. The maximum atomic E-state index is 13.2. The first-order chi connectivity index (χ1) is 14.6. The molecule has 3 aromatic rings. The van der Waals surface area contributed by atoms with Gasteiger partial charge >= 0.3 is 11.4 Å². The van der Waals surface area contributed by atoms with Crippen LogP contribution in [0.2, 0.25) is 0 Å². The lowest BCUT2D eigenvalue weighted by atomic mass is 10.2. The summed E-state index contributed by atoms with van der Waals surface area (Å²) in [5, 5.41) is 3.97. The van der Waals surface area contributed by atoms with Gasteiger partial charge < -0.3 is 4.98 Å². The van der Waals surface area contributed by atoms with Crippen molar-refractivity contribution in [3.63, 3.8) is 0 Å². The lowest BCUT2D eigenvalue weighted by Gasteiger charge is -2.22. The van der Waals surface area contributed by atoms with Crippen LogP contribution in [0.15, 0.2) is 45.1 Å². The molecule has 2 heterocycles. The van der Waals surface area contributed by atoms with E-state index >= 15 is 0 Å². The van der Waals surface area contributed by atoms with Crippen molar-refractivity contribution in [2.45, 2.75) is 36.9 Å². The molecule has 0 radical (unpaired) electrons. The van der Waals surface area contributed by atoms with E-state index in [0.29, 0.717) is 9.87 Å². The van der Waals surface area contributed by atoms with E-state index in [9.17, 15) is 22.8 Å². The Balaban J connectivity index is 1.85. The minimum atomic E-state index is -4.38. The number of aryl methyl sites for hydroxylation is 1. The third-order valence-electron chi connectivity index (χ3n) is 5.16. The third kappa shape index (κ3) is 3.32. The molecule has 0 atom stereocenters. The summed E-state index contributed by atoms with van der Waals surface area (Å²) in [5.41, 5.74) is -1.95. The highest BCUT2D eigenvalue weighted by Gasteiger charge is 2.62. The molecule has 0 spiro atoms. The molecule has 0 aliphatic heterocycles. The van der Waals surface area contributed by atoms with E-state index in [1.165, 1.54) is 23.0 Å². The Morgan fingerprint density at radius 2 is 2.06 bits per heavy atom. The maximum Gasteiger partial charge on any atom is 0.329 e. The van der Waals surface area contributed by atoms with Gasteiger partial charge in [0.25, 0.3) is 15.6 Å². The molecule has 11 nitrogen and oxygen atoms in total. The summed E-state index contributed by atoms with van der Waals surface area (Å²) in [6.07, 6.45) is 3.69. The zero-order valence-corrected chi connectivity index (χ0v) is 17.5.